The van der Waals surface area contributed by atoms with Gasteiger partial charge in [0.15, 0.2) is 0 Å². The number of rotatable bonds is 7. The van der Waals surface area contributed by atoms with E-state index < -0.39 is 0 Å². The Bertz CT molecular complexity index is 1060. The monoisotopic (exact) mass is 519 g/mol. The SMILES string of the molecule is C=N/N=C(\SCc1cccc2c1CCC2N)c1ccc(CC(C)C)c(C#N)c1.CC.CCN1CCCC1. The fourth-order valence-electron chi connectivity index (χ4n) is 4.81. The molecule has 5 nitrogen and oxygen atoms in total. The molecule has 1 aliphatic carbocycles. The second-order valence-electron chi connectivity index (χ2n) is 9.69. The molecule has 0 bridgehead atoms. The summed E-state index contributed by atoms with van der Waals surface area (Å²) in [6, 6.07) is 14.8. The molecule has 1 fully saturated rings. The van der Waals surface area contributed by atoms with Gasteiger partial charge < -0.3 is 10.6 Å². The number of likely N-dealkylation sites (tertiary alicyclic amines) is 1. The first kappa shape index (κ1) is 30.8. The van der Waals surface area contributed by atoms with Crippen LogP contribution in [0.25, 0.3) is 0 Å². The first-order chi connectivity index (χ1) is 18.0. The third-order valence-corrected chi connectivity index (χ3v) is 7.74. The van der Waals surface area contributed by atoms with Crippen molar-refractivity contribution >= 4 is 23.5 Å². The summed E-state index contributed by atoms with van der Waals surface area (Å²) < 4.78 is 0. The molecule has 1 atom stereocenters. The van der Waals surface area contributed by atoms with Gasteiger partial charge in [0.05, 0.1) is 11.6 Å². The number of nitrogens with zero attached hydrogens (tertiary/aromatic N) is 4. The Labute approximate surface area is 229 Å². The molecular formula is C31H45N5S. The zero-order valence-corrected chi connectivity index (χ0v) is 24.3. The van der Waals surface area contributed by atoms with Gasteiger partial charge in [-0.05, 0) is 86.0 Å². The van der Waals surface area contributed by atoms with Crippen molar-refractivity contribution in [3.8, 4) is 6.07 Å². The van der Waals surface area contributed by atoms with Crippen molar-refractivity contribution in [1.82, 2.24) is 4.90 Å². The molecule has 1 saturated heterocycles. The van der Waals surface area contributed by atoms with Gasteiger partial charge in [-0.2, -0.15) is 10.4 Å². The van der Waals surface area contributed by atoms with Crippen molar-refractivity contribution in [2.24, 2.45) is 21.9 Å². The molecule has 2 aliphatic rings. The normalized spacial score (nSPS) is 16.8. The minimum atomic E-state index is 0.148. The van der Waals surface area contributed by atoms with Gasteiger partial charge in [-0.1, -0.05) is 76.7 Å². The second kappa shape index (κ2) is 16.4. The van der Waals surface area contributed by atoms with Crippen molar-refractivity contribution in [2.75, 3.05) is 19.6 Å². The zero-order chi connectivity index (χ0) is 27.2. The molecule has 4 rings (SSSR count). The maximum Gasteiger partial charge on any atom is 0.126 e. The predicted molar refractivity (Wildman–Crippen MR) is 161 cm³/mol. The van der Waals surface area contributed by atoms with E-state index in [2.05, 4.69) is 66.9 Å². The van der Waals surface area contributed by atoms with E-state index >= 15 is 0 Å². The summed E-state index contributed by atoms with van der Waals surface area (Å²) in [5, 5.41) is 18.3. The van der Waals surface area contributed by atoms with E-state index in [0.717, 1.165) is 41.2 Å². The van der Waals surface area contributed by atoms with E-state index in [9.17, 15) is 5.26 Å². The lowest BCUT2D eigenvalue weighted by Gasteiger charge is -2.12. The molecule has 2 N–H and O–H groups in total. The Morgan fingerprint density at radius 3 is 2.51 bits per heavy atom. The van der Waals surface area contributed by atoms with Crippen LogP contribution < -0.4 is 5.73 Å². The Hall–Kier alpha value is -2.46. The van der Waals surface area contributed by atoms with Crippen molar-refractivity contribution in [3.63, 3.8) is 0 Å². The van der Waals surface area contributed by atoms with E-state index in [1.807, 2.05) is 32.0 Å². The van der Waals surface area contributed by atoms with E-state index in [-0.39, 0.29) is 6.04 Å². The largest absolute Gasteiger partial charge is 0.324 e. The van der Waals surface area contributed by atoms with Crippen LogP contribution in [-0.2, 0) is 18.6 Å². The first-order valence-electron chi connectivity index (χ1n) is 13.7. The summed E-state index contributed by atoms with van der Waals surface area (Å²) in [6.45, 7) is 18.0. The van der Waals surface area contributed by atoms with Crippen LogP contribution in [0.4, 0.5) is 0 Å². The smallest absolute Gasteiger partial charge is 0.126 e. The van der Waals surface area contributed by atoms with Gasteiger partial charge in [-0.3, -0.25) is 0 Å². The minimum absolute atomic E-state index is 0.148. The van der Waals surface area contributed by atoms with Gasteiger partial charge in [0, 0.05) is 24.1 Å². The number of thioether (sulfide) groups is 1. The van der Waals surface area contributed by atoms with Gasteiger partial charge in [0.2, 0.25) is 0 Å². The van der Waals surface area contributed by atoms with E-state index in [1.54, 1.807) is 11.8 Å². The maximum absolute atomic E-state index is 9.56. The number of fused-ring (bicyclic) bond motifs is 1. The number of hydrogen-bond acceptors (Lipinski definition) is 6. The summed E-state index contributed by atoms with van der Waals surface area (Å²) in [4.78, 5) is 2.49. The number of nitriles is 1. The third-order valence-electron chi connectivity index (χ3n) is 6.69. The average molecular weight is 520 g/mol. The van der Waals surface area contributed by atoms with Crippen LogP contribution in [0.15, 0.2) is 46.6 Å². The molecule has 0 amide bonds. The van der Waals surface area contributed by atoms with E-state index in [1.165, 1.54) is 49.2 Å². The third kappa shape index (κ3) is 9.10. The first-order valence-corrected chi connectivity index (χ1v) is 14.7. The molecule has 0 spiro atoms. The Kier molecular flexibility index (Phi) is 13.6. The molecule has 1 aliphatic heterocycles. The molecule has 37 heavy (non-hydrogen) atoms. The van der Waals surface area contributed by atoms with Crippen LogP contribution in [0.1, 0.15) is 93.3 Å². The number of hydrogen-bond donors (Lipinski definition) is 1. The van der Waals surface area contributed by atoms with Crippen molar-refractivity contribution in [1.29, 1.82) is 5.26 Å². The Morgan fingerprint density at radius 1 is 1.19 bits per heavy atom. The summed E-state index contributed by atoms with van der Waals surface area (Å²) >= 11 is 1.62. The van der Waals surface area contributed by atoms with Gasteiger partial charge in [-0.25, -0.2) is 0 Å². The number of nitrogens with two attached hydrogens (primary N) is 1. The quantitative estimate of drug-likeness (QED) is 0.240. The number of benzene rings is 2. The molecule has 200 valence electrons. The fourth-order valence-corrected chi connectivity index (χ4v) is 5.78. The van der Waals surface area contributed by atoms with Crippen LogP contribution in [0.5, 0.6) is 0 Å². The summed E-state index contributed by atoms with van der Waals surface area (Å²) in [6.07, 6.45) is 5.78. The topological polar surface area (TPSA) is 77.8 Å². The lowest BCUT2D eigenvalue weighted by molar-refractivity contribution is 0.359. The molecule has 0 saturated carbocycles. The molecular weight excluding hydrogens is 474 g/mol. The molecule has 2 aromatic carbocycles. The van der Waals surface area contributed by atoms with Gasteiger partial charge in [-0.15, -0.1) is 5.10 Å². The predicted octanol–water partition coefficient (Wildman–Crippen LogP) is 7.13. The van der Waals surface area contributed by atoms with Crippen LogP contribution in [0, 0.1) is 17.2 Å². The highest BCUT2D eigenvalue weighted by Gasteiger charge is 2.21. The van der Waals surface area contributed by atoms with E-state index in [4.69, 9.17) is 5.73 Å². The standard InChI is InChI=1S/C23H26N4S.C6H13N.C2H6/c1-15(2)11-16-7-8-17(12-19(16)13-24)23(27-26-3)28-14-18-5-4-6-21-20(18)9-10-22(21)25;1-2-7-5-3-4-6-7;1-2/h4-8,12,15,22H,3,9-11,14,25H2,1-2H3;2-6H2,1H3;1-2H3/b27-23-;;. The van der Waals surface area contributed by atoms with Gasteiger partial charge in [0.1, 0.15) is 5.04 Å². The summed E-state index contributed by atoms with van der Waals surface area (Å²) in [5.74, 6) is 1.29. The van der Waals surface area contributed by atoms with E-state index in [0.29, 0.717) is 11.5 Å². The second-order valence-corrected chi connectivity index (χ2v) is 10.7. The Balaban J connectivity index is 0.000000455. The maximum atomic E-state index is 9.56. The van der Waals surface area contributed by atoms with Crippen LogP contribution in [0.3, 0.4) is 0 Å². The Morgan fingerprint density at radius 2 is 1.92 bits per heavy atom. The van der Waals surface area contributed by atoms with Crippen molar-refractivity contribution in [2.45, 2.75) is 78.5 Å². The van der Waals surface area contributed by atoms with Crippen molar-refractivity contribution in [3.05, 3.63) is 69.8 Å². The highest BCUT2D eigenvalue weighted by atomic mass is 32.2. The average Bonchev–Trinajstić information content (AvgIpc) is 3.58. The highest BCUT2D eigenvalue weighted by Crippen LogP contribution is 2.34. The summed E-state index contributed by atoms with van der Waals surface area (Å²) in [5.41, 5.74) is 12.8. The van der Waals surface area contributed by atoms with Gasteiger partial charge in [0.25, 0.3) is 0 Å². The molecule has 1 heterocycles. The van der Waals surface area contributed by atoms with Crippen LogP contribution >= 0.6 is 11.8 Å². The van der Waals surface area contributed by atoms with Gasteiger partial charge >= 0.3 is 0 Å². The van der Waals surface area contributed by atoms with Crippen molar-refractivity contribution < 1.29 is 0 Å². The van der Waals surface area contributed by atoms with Crippen LogP contribution in [-0.4, -0.2) is 36.3 Å². The summed E-state index contributed by atoms with van der Waals surface area (Å²) in [7, 11) is 0. The fraction of sp³-hybridized carbons (Fsp3) is 0.516. The lowest BCUT2D eigenvalue weighted by atomic mass is 9.97. The molecule has 2 aromatic rings. The molecule has 0 radical (unpaired) electrons. The van der Waals surface area contributed by atoms with Crippen LogP contribution in [0.2, 0.25) is 0 Å². The lowest BCUT2D eigenvalue weighted by Crippen LogP contribution is -2.17. The molecule has 1 unspecified atom stereocenters. The minimum Gasteiger partial charge on any atom is -0.324 e. The molecule has 6 heteroatoms. The highest BCUT2D eigenvalue weighted by molar-refractivity contribution is 8.13. The zero-order valence-electron chi connectivity index (χ0n) is 23.5. The molecule has 0 aromatic heterocycles.